The molecule has 130 valence electrons. The molecule has 10 nitrogen and oxygen atoms in total. The predicted molar refractivity (Wildman–Crippen MR) is 85.6 cm³/mol. The molecule has 2 rings (SSSR count). The van der Waals surface area contributed by atoms with Gasteiger partial charge in [0.15, 0.2) is 11.5 Å². The van der Waals surface area contributed by atoms with Crippen LogP contribution < -0.4 is 5.32 Å². The number of carbonyl (C=O) groups excluding carboxylic acids is 1. The highest BCUT2D eigenvalue weighted by molar-refractivity contribution is 5.95. The van der Waals surface area contributed by atoms with E-state index in [0.717, 1.165) is 18.2 Å². The van der Waals surface area contributed by atoms with Crippen molar-refractivity contribution >= 4 is 17.3 Å². The number of aromatic hydroxyl groups is 2. The summed E-state index contributed by atoms with van der Waals surface area (Å²) in [4.78, 5) is 32.1. The summed E-state index contributed by atoms with van der Waals surface area (Å²) in [6, 6.07) is 6.87. The molecule has 2 aromatic carbocycles. The average Bonchev–Trinajstić information content (AvgIpc) is 2.57. The average molecular weight is 347 g/mol. The first kappa shape index (κ1) is 17.7. The van der Waals surface area contributed by atoms with E-state index in [-0.39, 0.29) is 23.6 Å². The molecule has 0 atom stereocenters. The SMILES string of the molecule is O=C(NCCc1ccc(O)c(O)c1)c1cc([N+](=O)[O-])cc([N+](=O)[O-])c1. The maximum absolute atomic E-state index is 12.1. The molecule has 0 spiro atoms. The van der Waals surface area contributed by atoms with E-state index < -0.39 is 27.1 Å². The minimum Gasteiger partial charge on any atom is -0.504 e. The Kier molecular flexibility index (Phi) is 5.12. The number of amides is 1. The number of nitrogens with one attached hydrogen (secondary N) is 1. The van der Waals surface area contributed by atoms with Crippen molar-refractivity contribution in [1.82, 2.24) is 5.32 Å². The Morgan fingerprint density at radius 3 is 2.08 bits per heavy atom. The van der Waals surface area contributed by atoms with E-state index in [1.807, 2.05) is 0 Å². The summed E-state index contributed by atoms with van der Waals surface area (Å²) in [6.07, 6.45) is 0.316. The standard InChI is InChI=1S/C15H13N3O7/c19-13-2-1-9(5-14(13)20)3-4-16-15(21)10-6-11(17(22)23)8-12(7-10)18(24)25/h1-2,5-8,19-20H,3-4H2,(H,16,21). The van der Waals surface area contributed by atoms with Gasteiger partial charge >= 0.3 is 0 Å². The summed E-state index contributed by atoms with van der Waals surface area (Å²) >= 11 is 0. The summed E-state index contributed by atoms with van der Waals surface area (Å²) in [7, 11) is 0. The normalized spacial score (nSPS) is 10.2. The van der Waals surface area contributed by atoms with Gasteiger partial charge in [-0.3, -0.25) is 25.0 Å². The van der Waals surface area contributed by atoms with Crippen molar-refractivity contribution in [1.29, 1.82) is 0 Å². The first-order chi connectivity index (χ1) is 11.8. The van der Waals surface area contributed by atoms with Crippen molar-refractivity contribution in [3.63, 3.8) is 0 Å². The quantitative estimate of drug-likeness (QED) is 0.409. The van der Waals surface area contributed by atoms with Gasteiger partial charge in [0.25, 0.3) is 17.3 Å². The third-order valence-corrected chi connectivity index (χ3v) is 3.33. The Bertz CT molecular complexity index is 819. The van der Waals surface area contributed by atoms with Crippen molar-refractivity contribution in [3.05, 3.63) is 67.8 Å². The number of hydrogen-bond donors (Lipinski definition) is 3. The van der Waals surface area contributed by atoms with E-state index in [1.54, 1.807) is 6.07 Å². The molecule has 1 amide bonds. The molecular formula is C15H13N3O7. The summed E-state index contributed by atoms with van der Waals surface area (Å²) in [5.74, 6) is -1.26. The van der Waals surface area contributed by atoms with Gasteiger partial charge in [0.05, 0.1) is 21.5 Å². The minimum absolute atomic E-state index is 0.125. The van der Waals surface area contributed by atoms with Crippen molar-refractivity contribution < 1.29 is 24.9 Å². The largest absolute Gasteiger partial charge is 0.504 e. The van der Waals surface area contributed by atoms with Crippen molar-refractivity contribution in [3.8, 4) is 11.5 Å². The lowest BCUT2D eigenvalue weighted by molar-refractivity contribution is -0.394. The highest BCUT2D eigenvalue weighted by atomic mass is 16.6. The van der Waals surface area contributed by atoms with Crippen LogP contribution in [0.1, 0.15) is 15.9 Å². The summed E-state index contributed by atoms with van der Waals surface area (Å²) in [5.41, 5.74) is -0.666. The second kappa shape index (κ2) is 7.25. The number of phenols is 2. The fourth-order valence-electron chi connectivity index (χ4n) is 2.08. The lowest BCUT2D eigenvalue weighted by atomic mass is 10.1. The highest BCUT2D eigenvalue weighted by Crippen LogP contribution is 2.25. The zero-order valence-electron chi connectivity index (χ0n) is 12.7. The Hall–Kier alpha value is -3.69. The number of non-ortho nitro benzene ring substituents is 2. The lowest BCUT2D eigenvalue weighted by Crippen LogP contribution is -2.25. The molecule has 0 aliphatic heterocycles. The van der Waals surface area contributed by atoms with E-state index in [9.17, 15) is 35.2 Å². The number of phenolic OH excluding ortho intramolecular Hbond substituents is 2. The molecule has 3 N–H and O–H groups in total. The molecule has 0 saturated heterocycles. The van der Waals surface area contributed by atoms with Gasteiger partial charge in [0.2, 0.25) is 0 Å². The Morgan fingerprint density at radius 2 is 1.56 bits per heavy atom. The van der Waals surface area contributed by atoms with Crippen molar-refractivity contribution in [2.24, 2.45) is 0 Å². The molecule has 0 fully saturated rings. The van der Waals surface area contributed by atoms with Crippen molar-refractivity contribution in [2.45, 2.75) is 6.42 Å². The Morgan fingerprint density at radius 1 is 0.960 bits per heavy atom. The second-order valence-electron chi connectivity index (χ2n) is 5.08. The molecule has 2 aromatic rings. The monoisotopic (exact) mass is 347 g/mol. The van der Waals surface area contributed by atoms with Crippen LogP contribution in [0.5, 0.6) is 11.5 Å². The van der Waals surface area contributed by atoms with Crippen LogP contribution in [0.4, 0.5) is 11.4 Å². The highest BCUT2D eigenvalue weighted by Gasteiger charge is 2.19. The molecule has 25 heavy (non-hydrogen) atoms. The van der Waals surface area contributed by atoms with Gasteiger partial charge in [0.1, 0.15) is 0 Å². The van der Waals surface area contributed by atoms with E-state index in [0.29, 0.717) is 12.0 Å². The molecule has 0 aliphatic rings. The van der Waals surface area contributed by atoms with Gasteiger partial charge in [-0.1, -0.05) is 6.07 Å². The van der Waals surface area contributed by atoms with E-state index in [1.165, 1.54) is 12.1 Å². The maximum Gasteiger partial charge on any atom is 0.277 e. The number of rotatable bonds is 6. The zero-order chi connectivity index (χ0) is 18.6. The van der Waals surface area contributed by atoms with E-state index in [4.69, 9.17) is 0 Å². The topological polar surface area (TPSA) is 156 Å². The zero-order valence-corrected chi connectivity index (χ0v) is 12.7. The number of nitrogens with zero attached hydrogens (tertiary/aromatic N) is 2. The Balaban J connectivity index is 2.08. The number of nitro benzene ring substituents is 2. The minimum atomic E-state index is -0.816. The first-order valence-electron chi connectivity index (χ1n) is 7.01. The van der Waals surface area contributed by atoms with Crippen LogP contribution in [-0.2, 0) is 6.42 Å². The number of hydrogen-bond acceptors (Lipinski definition) is 7. The van der Waals surface area contributed by atoms with Crippen molar-refractivity contribution in [2.75, 3.05) is 6.54 Å². The van der Waals surface area contributed by atoms with E-state index in [2.05, 4.69) is 5.32 Å². The second-order valence-corrected chi connectivity index (χ2v) is 5.08. The van der Waals surface area contributed by atoms with Crippen LogP contribution in [-0.4, -0.2) is 32.5 Å². The fourth-order valence-corrected chi connectivity index (χ4v) is 2.08. The molecule has 0 unspecified atom stereocenters. The van der Waals surface area contributed by atoms with Crippen LogP contribution in [0.15, 0.2) is 36.4 Å². The summed E-state index contributed by atoms with van der Waals surface area (Å²) in [5, 5.41) is 42.7. The number of carbonyl (C=O) groups is 1. The van der Waals surface area contributed by atoms with Crippen LogP contribution in [0, 0.1) is 20.2 Å². The third kappa shape index (κ3) is 4.41. The van der Waals surface area contributed by atoms with Gasteiger partial charge < -0.3 is 15.5 Å². The predicted octanol–water partition coefficient (Wildman–Crippen LogP) is 1.89. The molecule has 0 radical (unpaired) electrons. The van der Waals surface area contributed by atoms with Gasteiger partial charge in [-0.25, -0.2) is 0 Å². The molecule has 0 aliphatic carbocycles. The molecule has 0 bridgehead atoms. The third-order valence-electron chi connectivity index (χ3n) is 3.33. The van der Waals surface area contributed by atoms with E-state index >= 15 is 0 Å². The lowest BCUT2D eigenvalue weighted by Gasteiger charge is -2.06. The van der Waals surface area contributed by atoms with Gasteiger partial charge in [0, 0.05) is 18.7 Å². The molecule has 10 heteroatoms. The fraction of sp³-hybridized carbons (Fsp3) is 0.133. The van der Waals surface area contributed by atoms with Gasteiger partial charge in [-0.15, -0.1) is 0 Å². The van der Waals surface area contributed by atoms with Crippen LogP contribution >= 0.6 is 0 Å². The van der Waals surface area contributed by atoms with Crippen LogP contribution in [0.3, 0.4) is 0 Å². The Labute approximate surface area is 140 Å². The molecule has 0 heterocycles. The molecule has 0 saturated carbocycles. The summed E-state index contributed by atoms with van der Waals surface area (Å²) in [6.45, 7) is 0.125. The maximum atomic E-state index is 12.1. The number of nitro groups is 2. The van der Waals surface area contributed by atoms with Crippen LogP contribution in [0.2, 0.25) is 0 Å². The number of benzene rings is 2. The molecule has 0 aromatic heterocycles. The molecular weight excluding hydrogens is 334 g/mol. The van der Waals surface area contributed by atoms with Crippen LogP contribution in [0.25, 0.3) is 0 Å². The first-order valence-corrected chi connectivity index (χ1v) is 7.01. The summed E-state index contributed by atoms with van der Waals surface area (Å²) < 4.78 is 0. The smallest absolute Gasteiger partial charge is 0.277 e. The van der Waals surface area contributed by atoms with Gasteiger partial charge in [-0.2, -0.15) is 0 Å². The van der Waals surface area contributed by atoms with Gasteiger partial charge in [-0.05, 0) is 24.1 Å².